The molecule has 1 heterocycles. The fourth-order valence-electron chi connectivity index (χ4n) is 3.94. The molecule has 7 heteroatoms. The Bertz CT molecular complexity index is 630. The van der Waals surface area contributed by atoms with E-state index < -0.39 is 0 Å². The number of piperazine rings is 1. The Morgan fingerprint density at radius 1 is 1.04 bits per heavy atom. The van der Waals surface area contributed by atoms with Gasteiger partial charge in [-0.2, -0.15) is 0 Å². The Morgan fingerprint density at radius 2 is 1.68 bits per heavy atom. The SMILES string of the molecule is CCC[C@@H](C)NC(=O)C[NH+]1CC[NH+](Cc2ccc(OC)c(OC)c2OC)CC1. The van der Waals surface area contributed by atoms with Crippen LogP contribution in [0.5, 0.6) is 17.2 Å². The van der Waals surface area contributed by atoms with Crippen LogP contribution in [0.3, 0.4) is 0 Å². The van der Waals surface area contributed by atoms with E-state index in [4.69, 9.17) is 14.2 Å². The van der Waals surface area contributed by atoms with Crippen molar-refractivity contribution in [2.24, 2.45) is 0 Å². The molecule has 2 rings (SSSR count). The molecule has 0 aromatic heterocycles. The van der Waals surface area contributed by atoms with E-state index in [2.05, 4.69) is 25.2 Å². The van der Waals surface area contributed by atoms with Gasteiger partial charge in [-0.3, -0.25) is 4.79 Å². The number of carbonyl (C=O) groups is 1. The van der Waals surface area contributed by atoms with Crippen LogP contribution in [-0.2, 0) is 11.3 Å². The molecule has 7 nitrogen and oxygen atoms in total. The number of benzene rings is 1. The molecule has 1 amide bonds. The average molecular weight is 396 g/mol. The maximum absolute atomic E-state index is 12.2. The molecule has 1 aromatic rings. The van der Waals surface area contributed by atoms with E-state index in [-0.39, 0.29) is 11.9 Å². The molecule has 158 valence electrons. The maximum Gasteiger partial charge on any atom is 0.275 e. The smallest absolute Gasteiger partial charge is 0.275 e. The number of hydrogen-bond acceptors (Lipinski definition) is 4. The average Bonchev–Trinajstić information content (AvgIpc) is 2.68. The first-order valence-corrected chi connectivity index (χ1v) is 10.3. The first kappa shape index (κ1) is 22.3. The van der Waals surface area contributed by atoms with Crippen molar-refractivity contribution in [2.75, 3.05) is 54.1 Å². The Labute approximate surface area is 168 Å². The molecule has 0 unspecified atom stereocenters. The zero-order valence-corrected chi connectivity index (χ0v) is 18.0. The van der Waals surface area contributed by atoms with Crippen LogP contribution < -0.4 is 29.3 Å². The highest BCUT2D eigenvalue weighted by Gasteiger charge is 2.27. The quantitative estimate of drug-likeness (QED) is 0.490. The number of methoxy groups -OCH3 is 3. The fourth-order valence-corrected chi connectivity index (χ4v) is 3.94. The van der Waals surface area contributed by atoms with Crippen LogP contribution in [0.25, 0.3) is 0 Å². The van der Waals surface area contributed by atoms with Gasteiger partial charge in [0, 0.05) is 6.04 Å². The van der Waals surface area contributed by atoms with Crippen molar-refractivity contribution in [2.45, 2.75) is 39.3 Å². The van der Waals surface area contributed by atoms with Gasteiger partial charge in [0.2, 0.25) is 5.75 Å². The van der Waals surface area contributed by atoms with Gasteiger partial charge in [-0.25, -0.2) is 0 Å². The van der Waals surface area contributed by atoms with Crippen molar-refractivity contribution in [3.63, 3.8) is 0 Å². The van der Waals surface area contributed by atoms with Crippen molar-refractivity contribution in [1.29, 1.82) is 0 Å². The van der Waals surface area contributed by atoms with Crippen LogP contribution in [-0.4, -0.2) is 66.0 Å². The number of rotatable bonds is 10. The van der Waals surface area contributed by atoms with Crippen LogP contribution >= 0.6 is 0 Å². The second kappa shape index (κ2) is 11.1. The van der Waals surface area contributed by atoms with E-state index in [1.54, 1.807) is 21.3 Å². The van der Waals surface area contributed by atoms with Crippen LogP contribution in [0, 0.1) is 0 Å². The minimum Gasteiger partial charge on any atom is -0.493 e. The number of carbonyl (C=O) groups excluding carboxylic acids is 1. The van der Waals surface area contributed by atoms with Gasteiger partial charge in [-0.15, -0.1) is 0 Å². The molecule has 1 aliphatic rings. The molecule has 1 fully saturated rings. The summed E-state index contributed by atoms with van der Waals surface area (Å²) in [5, 5.41) is 3.11. The number of quaternary nitrogens is 2. The normalized spacial score (nSPS) is 20.3. The third kappa shape index (κ3) is 6.01. The summed E-state index contributed by atoms with van der Waals surface area (Å²) in [6.45, 7) is 9.73. The van der Waals surface area contributed by atoms with Crippen molar-refractivity contribution in [3.05, 3.63) is 17.7 Å². The largest absolute Gasteiger partial charge is 0.493 e. The minimum absolute atomic E-state index is 0.168. The molecule has 1 saturated heterocycles. The summed E-state index contributed by atoms with van der Waals surface area (Å²) in [6.07, 6.45) is 2.13. The number of ether oxygens (including phenoxy) is 3. The molecule has 0 aliphatic carbocycles. The second-order valence-corrected chi connectivity index (χ2v) is 7.60. The lowest BCUT2D eigenvalue weighted by atomic mass is 10.1. The van der Waals surface area contributed by atoms with Crippen molar-refractivity contribution < 1.29 is 28.8 Å². The molecule has 28 heavy (non-hydrogen) atoms. The molecule has 0 saturated carbocycles. The maximum atomic E-state index is 12.2. The van der Waals surface area contributed by atoms with Crippen LogP contribution in [0.1, 0.15) is 32.3 Å². The fraction of sp³-hybridized carbons (Fsp3) is 0.667. The number of nitrogens with one attached hydrogen (secondary N) is 3. The molecule has 1 aromatic carbocycles. The van der Waals surface area contributed by atoms with Gasteiger partial charge in [0.25, 0.3) is 5.91 Å². The van der Waals surface area contributed by atoms with Crippen molar-refractivity contribution >= 4 is 5.91 Å². The van der Waals surface area contributed by atoms with Crippen LogP contribution in [0.15, 0.2) is 12.1 Å². The standard InChI is InChI=1S/C21H35N3O4/c1-6-7-16(2)22-19(25)15-24-12-10-23(11-13-24)14-17-8-9-18(26-3)21(28-5)20(17)27-4/h8-9,16H,6-7,10-15H2,1-5H3,(H,22,25)/p+2/t16-/m1/s1. The summed E-state index contributed by atoms with van der Waals surface area (Å²) in [5.41, 5.74) is 1.12. The number of hydrogen-bond donors (Lipinski definition) is 3. The molecule has 3 N–H and O–H groups in total. The topological polar surface area (TPSA) is 65.7 Å². The Hall–Kier alpha value is -1.99. The van der Waals surface area contributed by atoms with E-state index in [9.17, 15) is 4.79 Å². The number of amides is 1. The highest BCUT2D eigenvalue weighted by atomic mass is 16.5. The predicted octanol–water partition coefficient (Wildman–Crippen LogP) is -0.699. The zero-order chi connectivity index (χ0) is 20.5. The van der Waals surface area contributed by atoms with Crippen molar-refractivity contribution in [3.8, 4) is 17.2 Å². The van der Waals surface area contributed by atoms with Gasteiger partial charge in [0.15, 0.2) is 18.0 Å². The first-order valence-electron chi connectivity index (χ1n) is 10.3. The first-order chi connectivity index (χ1) is 13.5. The lowest BCUT2D eigenvalue weighted by Gasteiger charge is -2.30. The predicted molar refractivity (Wildman–Crippen MR) is 109 cm³/mol. The second-order valence-electron chi connectivity index (χ2n) is 7.60. The van der Waals surface area contributed by atoms with Gasteiger partial charge in [-0.1, -0.05) is 13.3 Å². The zero-order valence-electron chi connectivity index (χ0n) is 18.0. The monoisotopic (exact) mass is 395 g/mol. The van der Waals surface area contributed by atoms with Crippen molar-refractivity contribution in [1.82, 2.24) is 5.32 Å². The van der Waals surface area contributed by atoms with Crippen LogP contribution in [0.4, 0.5) is 0 Å². The van der Waals surface area contributed by atoms with Gasteiger partial charge in [0.05, 0.1) is 26.9 Å². The van der Waals surface area contributed by atoms with Crippen LogP contribution in [0.2, 0.25) is 0 Å². The third-order valence-electron chi connectivity index (χ3n) is 5.43. The summed E-state index contributed by atoms with van der Waals surface area (Å²) in [4.78, 5) is 15.1. The van der Waals surface area contributed by atoms with Gasteiger partial charge >= 0.3 is 0 Å². The minimum atomic E-state index is 0.168. The lowest BCUT2D eigenvalue weighted by molar-refractivity contribution is -1.02. The van der Waals surface area contributed by atoms with E-state index in [1.165, 1.54) is 9.80 Å². The third-order valence-corrected chi connectivity index (χ3v) is 5.43. The summed E-state index contributed by atoms with van der Waals surface area (Å²) >= 11 is 0. The Balaban J connectivity index is 1.88. The Morgan fingerprint density at radius 3 is 2.25 bits per heavy atom. The summed E-state index contributed by atoms with van der Waals surface area (Å²) in [7, 11) is 4.92. The van der Waals surface area contributed by atoms with E-state index in [1.807, 2.05) is 6.07 Å². The molecule has 0 bridgehead atoms. The molecule has 1 aliphatic heterocycles. The van der Waals surface area contributed by atoms with E-state index in [0.717, 1.165) is 56.9 Å². The summed E-state index contributed by atoms with van der Waals surface area (Å²) in [6, 6.07) is 4.25. The van der Waals surface area contributed by atoms with Gasteiger partial charge < -0.3 is 29.3 Å². The summed E-state index contributed by atoms with van der Waals surface area (Å²) in [5.74, 6) is 2.23. The highest BCUT2D eigenvalue weighted by molar-refractivity contribution is 5.77. The van der Waals surface area contributed by atoms with Gasteiger partial charge in [0.1, 0.15) is 32.7 Å². The molecule has 0 radical (unpaired) electrons. The highest BCUT2D eigenvalue weighted by Crippen LogP contribution is 2.39. The lowest BCUT2D eigenvalue weighted by Crippen LogP contribution is -3.28. The molecule has 0 spiro atoms. The summed E-state index contributed by atoms with van der Waals surface area (Å²) < 4.78 is 16.5. The Kier molecular flexibility index (Phi) is 8.86. The molecular weight excluding hydrogens is 358 g/mol. The van der Waals surface area contributed by atoms with Gasteiger partial charge in [-0.05, 0) is 25.5 Å². The molecule has 1 atom stereocenters. The van der Waals surface area contributed by atoms with E-state index in [0.29, 0.717) is 18.0 Å². The van der Waals surface area contributed by atoms with E-state index >= 15 is 0 Å². The molecular formula is C21H37N3O4+2.